The second kappa shape index (κ2) is 8.61. The number of hydrogen-bond donors (Lipinski definition) is 1. The molecule has 1 fully saturated rings. The molecule has 1 aromatic carbocycles. The minimum absolute atomic E-state index is 0.105. The molecular weight excluding hydrogens is 456 g/mol. The number of methoxy groups -OCH3 is 1. The largest absolute Gasteiger partial charge is 0.481 e. The third kappa shape index (κ3) is 3.47. The maximum atomic E-state index is 13.8. The summed E-state index contributed by atoms with van der Waals surface area (Å²) in [5.74, 6) is 1.43. The number of nitriles is 1. The van der Waals surface area contributed by atoms with Gasteiger partial charge < -0.3 is 15.4 Å². The molecule has 0 radical (unpaired) electrons. The van der Waals surface area contributed by atoms with Gasteiger partial charge in [0.15, 0.2) is 5.82 Å². The lowest BCUT2D eigenvalue weighted by Gasteiger charge is -2.28. The van der Waals surface area contributed by atoms with Crippen LogP contribution in [0.2, 0.25) is 5.02 Å². The molecule has 2 N–H and O–H groups in total. The number of aromatic nitrogens is 5. The van der Waals surface area contributed by atoms with Crippen molar-refractivity contribution in [1.82, 2.24) is 24.5 Å². The summed E-state index contributed by atoms with van der Waals surface area (Å²) in [5.41, 5.74) is 6.83. The molecule has 4 heterocycles. The van der Waals surface area contributed by atoms with Gasteiger partial charge in [-0.15, -0.1) is 0 Å². The number of halogens is 1. The summed E-state index contributed by atoms with van der Waals surface area (Å²) in [5, 5.41) is 10.3. The number of pyridine rings is 1. The first-order chi connectivity index (χ1) is 16.5. The summed E-state index contributed by atoms with van der Waals surface area (Å²) in [6.45, 7) is 0.611. The zero-order chi connectivity index (χ0) is 23.8. The molecule has 0 amide bonds. The topological polar surface area (TPSA) is 136 Å². The number of hydrogen-bond acceptors (Lipinski definition) is 9. The number of ether oxygens (including phenoxy) is 1. The third-order valence-corrected chi connectivity index (χ3v) is 6.17. The highest BCUT2D eigenvalue weighted by atomic mass is 35.5. The van der Waals surface area contributed by atoms with Crippen molar-refractivity contribution in [2.75, 3.05) is 24.3 Å². The van der Waals surface area contributed by atoms with Crippen LogP contribution in [0.1, 0.15) is 30.3 Å². The highest BCUT2D eigenvalue weighted by Gasteiger charge is 2.34. The van der Waals surface area contributed by atoms with Gasteiger partial charge in [0, 0.05) is 12.6 Å². The van der Waals surface area contributed by atoms with Crippen LogP contribution in [-0.4, -0.2) is 38.2 Å². The van der Waals surface area contributed by atoms with Crippen LogP contribution in [0.25, 0.3) is 16.6 Å². The van der Waals surface area contributed by atoms with Crippen LogP contribution >= 0.6 is 11.6 Å². The van der Waals surface area contributed by atoms with Gasteiger partial charge in [-0.3, -0.25) is 9.36 Å². The van der Waals surface area contributed by atoms with Gasteiger partial charge in [0.25, 0.3) is 5.56 Å². The van der Waals surface area contributed by atoms with Crippen LogP contribution in [0.3, 0.4) is 0 Å². The second-order valence-corrected chi connectivity index (χ2v) is 8.13. The monoisotopic (exact) mass is 474 g/mol. The molecule has 1 unspecified atom stereocenters. The first kappa shape index (κ1) is 21.6. The first-order valence-electron chi connectivity index (χ1n) is 10.5. The van der Waals surface area contributed by atoms with Gasteiger partial charge >= 0.3 is 0 Å². The van der Waals surface area contributed by atoms with Gasteiger partial charge in [0.2, 0.25) is 5.88 Å². The average Bonchev–Trinajstić information content (AvgIpc) is 3.33. The van der Waals surface area contributed by atoms with E-state index in [9.17, 15) is 10.1 Å². The van der Waals surface area contributed by atoms with Crippen LogP contribution in [0.4, 0.5) is 11.6 Å². The molecule has 1 atom stereocenters. The molecule has 3 aromatic heterocycles. The van der Waals surface area contributed by atoms with Crippen molar-refractivity contribution in [2.24, 2.45) is 0 Å². The lowest BCUT2D eigenvalue weighted by Crippen LogP contribution is -2.32. The maximum absolute atomic E-state index is 13.8. The Bertz CT molecular complexity index is 1500. The highest BCUT2D eigenvalue weighted by Crippen LogP contribution is 2.37. The molecule has 4 aromatic rings. The van der Waals surface area contributed by atoms with Crippen LogP contribution in [0.5, 0.6) is 5.88 Å². The zero-order valence-electron chi connectivity index (χ0n) is 18.1. The molecule has 10 nitrogen and oxygen atoms in total. The minimum atomic E-state index is -0.348. The number of benzene rings is 1. The Labute approximate surface area is 199 Å². The van der Waals surface area contributed by atoms with E-state index in [4.69, 9.17) is 27.1 Å². The smallest absolute Gasteiger partial charge is 0.267 e. The van der Waals surface area contributed by atoms with Crippen LogP contribution < -0.4 is 20.9 Å². The van der Waals surface area contributed by atoms with Crippen LogP contribution in [0, 0.1) is 11.3 Å². The predicted octanol–water partition coefficient (Wildman–Crippen LogP) is 3.03. The predicted molar refractivity (Wildman–Crippen MR) is 127 cm³/mol. The van der Waals surface area contributed by atoms with E-state index in [-0.39, 0.29) is 23.0 Å². The van der Waals surface area contributed by atoms with Gasteiger partial charge in [-0.2, -0.15) is 5.26 Å². The van der Waals surface area contributed by atoms with Crippen molar-refractivity contribution in [3.63, 3.8) is 0 Å². The molecule has 1 saturated heterocycles. The quantitative estimate of drug-likeness (QED) is 0.473. The average molecular weight is 475 g/mol. The summed E-state index contributed by atoms with van der Waals surface area (Å²) in [4.78, 5) is 33.1. The molecule has 34 heavy (non-hydrogen) atoms. The number of nitrogens with zero attached hydrogens (tertiary/aromatic N) is 7. The minimum Gasteiger partial charge on any atom is -0.481 e. The summed E-state index contributed by atoms with van der Waals surface area (Å²) in [6, 6.07) is 10.3. The van der Waals surface area contributed by atoms with Crippen molar-refractivity contribution in [1.29, 1.82) is 5.26 Å². The van der Waals surface area contributed by atoms with Gasteiger partial charge in [-0.25, -0.2) is 19.9 Å². The lowest BCUT2D eigenvalue weighted by atomic mass is 10.1. The van der Waals surface area contributed by atoms with E-state index in [0.29, 0.717) is 52.1 Å². The van der Waals surface area contributed by atoms with Gasteiger partial charge in [-0.05, 0) is 31.0 Å². The fourth-order valence-electron chi connectivity index (χ4n) is 4.31. The fourth-order valence-corrected chi connectivity index (χ4v) is 4.56. The SMILES string of the molecule is COc1ccc(-n2c(C3CCCN3c3ncnc(N)c3C#N)nc3cccc(Cl)c3c2=O)cn1. The van der Waals surface area contributed by atoms with E-state index in [2.05, 4.69) is 21.0 Å². The van der Waals surface area contributed by atoms with Gasteiger partial charge in [-0.1, -0.05) is 17.7 Å². The lowest BCUT2D eigenvalue weighted by molar-refractivity contribution is 0.397. The molecule has 1 aliphatic rings. The standard InChI is InChI=1S/C23H19ClN8O2/c1-34-18-8-7-13(11-27-18)32-22(30-16-5-2-4-15(24)19(16)23(32)33)17-6-3-9-31(17)21-14(10-25)20(26)28-12-29-21/h2,4-5,7-8,11-12,17H,3,6,9H2,1H3,(H2,26,28,29). The van der Waals surface area contributed by atoms with Crippen molar-refractivity contribution in [3.05, 3.63) is 69.6 Å². The fraction of sp³-hybridized carbons (Fsp3) is 0.217. The Kier molecular flexibility index (Phi) is 5.47. The molecule has 170 valence electrons. The molecule has 11 heteroatoms. The highest BCUT2D eigenvalue weighted by molar-refractivity contribution is 6.35. The number of anilines is 2. The van der Waals surface area contributed by atoms with E-state index < -0.39 is 0 Å². The van der Waals surface area contributed by atoms with Gasteiger partial charge in [0.1, 0.15) is 29.6 Å². The zero-order valence-corrected chi connectivity index (χ0v) is 18.9. The number of fused-ring (bicyclic) bond motifs is 1. The molecule has 0 aliphatic carbocycles. The molecule has 0 bridgehead atoms. The Hall–Kier alpha value is -4.23. The van der Waals surface area contributed by atoms with E-state index in [0.717, 1.165) is 6.42 Å². The van der Waals surface area contributed by atoms with E-state index in [1.165, 1.54) is 18.0 Å². The Morgan fingerprint density at radius 2 is 2.09 bits per heavy atom. The molecule has 5 rings (SSSR count). The number of nitrogen functional groups attached to an aromatic ring is 1. The van der Waals surface area contributed by atoms with Crippen LogP contribution in [-0.2, 0) is 0 Å². The van der Waals surface area contributed by atoms with E-state index in [1.807, 2.05) is 4.90 Å². The van der Waals surface area contributed by atoms with Crippen molar-refractivity contribution in [3.8, 4) is 17.6 Å². The summed E-state index contributed by atoms with van der Waals surface area (Å²) in [6.07, 6.45) is 4.38. The third-order valence-electron chi connectivity index (χ3n) is 5.85. The van der Waals surface area contributed by atoms with Gasteiger partial charge in [0.05, 0.1) is 41.0 Å². The number of nitrogens with two attached hydrogens (primary N) is 1. The Morgan fingerprint density at radius 3 is 2.82 bits per heavy atom. The first-order valence-corrected chi connectivity index (χ1v) is 10.9. The molecule has 1 aliphatic heterocycles. The normalized spacial score (nSPS) is 15.4. The van der Waals surface area contributed by atoms with Crippen molar-refractivity contribution in [2.45, 2.75) is 18.9 Å². The summed E-state index contributed by atoms with van der Waals surface area (Å²) >= 11 is 6.40. The van der Waals surface area contributed by atoms with Crippen LogP contribution in [0.15, 0.2) is 47.7 Å². The van der Waals surface area contributed by atoms with E-state index >= 15 is 0 Å². The van der Waals surface area contributed by atoms with E-state index in [1.54, 1.807) is 36.5 Å². The van der Waals surface area contributed by atoms with Crippen molar-refractivity contribution < 1.29 is 4.74 Å². The Balaban J connectivity index is 1.76. The second-order valence-electron chi connectivity index (χ2n) is 7.72. The Morgan fingerprint density at radius 1 is 1.24 bits per heavy atom. The summed E-state index contributed by atoms with van der Waals surface area (Å²) < 4.78 is 6.68. The summed E-state index contributed by atoms with van der Waals surface area (Å²) in [7, 11) is 1.52. The molecule has 0 spiro atoms. The van der Waals surface area contributed by atoms with Crippen molar-refractivity contribution >= 4 is 34.1 Å². The number of rotatable bonds is 4. The molecule has 0 saturated carbocycles. The maximum Gasteiger partial charge on any atom is 0.267 e. The molecular formula is C23H19ClN8O2.